The van der Waals surface area contributed by atoms with E-state index in [1.807, 2.05) is 13.1 Å². The minimum absolute atomic E-state index is 0.172. The Hall–Kier alpha value is -0.450. The molecule has 0 amide bonds. The molecule has 0 aliphatic heterocycles. The first-order valence-corrected chi connectivity index (χ1v) is 4.84. The smallest absolute Gasteiger partial charge is 0.0950 e. The minimum Gasteiger partial charge on any atom is -0.396 e. The van der Waals surface area contributed by atoms with Crippen molar-refractivity contribution in [1.29, 1.82) is 0 Å². The van der Waals surface area contributed by atoms with Gasteiger partial charge in [0.15, 0.2) is 0 Å². The summed E-state index contributed by atoms with van der Waals surface area (Å²) in [4.78, 5) is 5.36. The second-order valence-corrected chi connectivity index (χ2v) is 4.08. The van der Waals surface area contributed by atoms with Crippen molar-refractivity contribution in [2.24, 2.45) is 5.73 Å². The number of hydrogen-bond acceptors (Lipinski definition) is 4. The highest BCUT2D eigenvalue weighted by atomic mass is 32.1. The maximum absolute atomic E-state index is 8.65. The third-order valence-corrected chi connectivity index (χ3v) is 2.53. The van der Waals surface area contributed by atoms with Crippen molar-refractivity contribution in [2.45, 2.75) is 25.8 Å². The molecule has 0 radical (unpaired) electrons. The van der Waals surface area contributed by atoms with Gasteiger partial charge in [-0.15, -0.1) is 11.3 Å². The van der Waals surface area contributed by atoms with Crippen molar-refractivity contribution in [2.75, 3.05) is 6.61 Å². The molecule has 3 nitrogen and oxygen atoms in total. The number of thiazole rings is 1. The Bertz CT molecular complexity index is 235. The van der Waals surface area contributed by atoms with Crippen molar-refractivity contribution >= 4 is 11.3 Å². The van der Waals surface area contributed by atoms with Crippen molar-refractivity contribution in [3.05, 3.63) is 16.1 Å². The third kappa shape index (κ3) is 2.89. The SMILES string of the molecule is CC(N)Cc1cnc(CCO)s1. The predicted octanol–water partition coefficient (Wildman–Crippen LogP) is 0.568. The van der Waals surface area contributed by atoms with Crippen LogP contribution in [-0.2, 0) is 12.8 Å². The van der Waals surface area contributed by atoms with Crippen molar-refractivity contribution in [3.8, 4) is 0 Å². The molecule has 1 rings (SSSR count). The first kappa shape index (κ1) is 9.64. The second-order valence-electron chi connectivity index (χ2n) is 2.88. The molecule has 0 fully saturated rings. The van der Waals surface area contributed by atoms with Gasteiger partial charge >= 0.3 is 0 Å². The number of hydrogen-bond donors (Lipinski definition) is 2. The summed E-state index contributed by atoms with van der Waals surface area (Å²) in [7, 11) is 0. The maximum atomic E-state index is 8.65. The molecule has 4 heteroatoms. The Balaban J connectivity index is 2.52. The van der Waals surface area contributed by atoms with Crippen LogP contribution < -0.4 is 5.73 Å². The normalized spacial score (nSPS) is 13.2. The van der Waals surface area contributed by atoms with E-state index in [2.05, 4.69) is 4.98 Å². The van der Waals surface area contributed by atoms with Crippen LogP contribution in [0.3, 0.4) is 0 Å². The third-order valence-electron chi connectivity index (χ3n) is 1.45. The van der Waals surface area contributed by atoms with Gasteiger partial charge in [-0.1, -0.05) is 0 Å². The number of aliphatic hydroxyl groups is 1. The number of aliphatic hydroxyl groups excluding tert-OH is 1. The van der Waals surface area contributed by atoms with E-state index in [4.69, 9.17) is 10.8 Å². The summed E-state index contributed by atoms with van der Waals surface area (Å²) in [6, 6.07) is 0.187. The van der Waals surface area contributed by atoms with Crippen LogP contribution in [0.4, 0.5) is 0 Å². The molecule has 12 heavy (non-hydrogen) atoms. The van der Waals surface area contributed by atoms with Gasteiger partial charge in [0.2, 0.25) is 0 Å². The molecular formula is C8H14N2OS. The summed E-state index contributed by atoms with van der Waals surface area (Å²) in [5, 5.41) is 9.65. The first-order chi connectivity index (χ1) is 5.72. The molecule has 1 aromatic rings. The van der Waals surface area contributed by atoms with E-state index in [1.165, 1.54) is 4.88 Å². The van der Waals surface area contributed by atoms with Gasteiger partial charge in [-0.3, -0.25) is 0 Å². The van der Waals surface area contributed by atoms with Crippen LogP contribution in [-0.4, -0.2) is 22.7 Å². The molecule has 0 saturated carbocycles. The highest BCUT2D eigenvalue weighted by Gasteiger charge is 2.03. The fourth-order valence-electron chi connectivity index (χ4n) is 0.971. The van der Waals surface area contributed by atoms with Gasteiger partial charge in [-0.2, -0.15) is 0 Å². The Morgan fingerprint density at radius 3 is 3.08 bits per heavy atom. The molecule has 0 aliphatic carbocycles. The Labute approximate surface area is 76.3 Å². The second kappa shape index (κ2) is 4.54. The van der Waals surface area contributed by atoms with Gasteiger partial charge in [0.1, 0.15) is 0 Å². The van der Waals surface area contributed by atoms with Gasteiger partial charge in [0.05, 0.1) is 5.01 Å². The number of rotatable bonds is 4. The molecule has 68 valence electrons. The van der Waals surface area contributed by atoms with Crippen molar-refractivity contribution in [3.63, 3.8) is 0 Å². The zero-order chi connectivity index (χ0) is 8.97. The summed E-state index contributed by atoms with van der Waals surface area (Å²) < 4.78 is 0. The monoisotopic (exact) mass is 186 g/mol. The summed E-state index contributed by atoms with van der Waals surface area (Å²) >= 11 is 1.63. The van der Waals surface area contributed by atoms with Crippen LogP contribution in [0.2, 0.25) is 0 Å². The van der Waals surface area contributed by atoms with Crippen molar-refractivity contribution < 1.29 is 5.11 Å². The summed E-state index contributed by atoms with van der Waals surface area (Å²) in [6.45, 7) is 2.15. The lowest BCUT2D eigenvalue weighted by Gasteiger charge is -1.99. The molecule has 0 spiro atoms. The number of nitrogens with zero attached hydrogens (tertiary/aromatic N) is 1. The standard InChI is InChI=1S/C8H14N2OS/c1-6(9)4-7-5-10-8(12-7)2-3-11/h5-6,11H,2-4,9H2,1H3. The maximum Gasteiger partial charge on any atom is 0.0950 e. The zero-order valence-corrected chi connectivity index (χ0v) is 7.97. The lowest BCUT2D eigenvalue weighted by molar-refractivity contribution is 0.299. The Morgan fingerprint density at radius 1 is 1.75 bits per heavy atom. The molecule has 1 unspecified atom stereocenters. The van der Waals surface area contributed by atoms with E-state index in [1.54, 1.807) is 11.3 Å². The Morgan fingerprint density at radius 2 is 2.50 bits per heavy atom. The van der Waals surface area contributed by atoms with Gasteiger partial charge < -0.3 is 10.8 Å². The molecule has 0 aromatic carbocycles. The van der Waals surface area contributed by atoms with Crippen LogP contribution >= 0.6 is 11.3 Å². The molecule has 0 bridgehead atoms. The minimum atomic E-state index is 0.172. The molecule has 1 atom stereocenters. The predicted molar refractivity (Wildman–Crippen MR) is 50.3 cm³/mol. The average molecular weight is 186 g/mol. The summed E-state index contributed by atoms with van der Waals surface area (Å²) in [5.74, 6) is 0. The zero-order valence-electron chi connectivity index (χ0n) is 7.16. The van der Waals surface area contributed by atoms with E-state index in [-0.39, 0.29) is 12.6 Å². The lowest BCUT2D eigenvalue weighted by Crippen LogP contribution is -2.16. The topological polar surface area (TPSA) is 59.1 Å². The first-order valence-electron chi connectivity index (χ1n) is 4.02. The highest BCUT2D eigenvalue weighted by molar-refractivity contribution is 7.11. The van der Waals surface area contributed by atoms with Gasteiger partial charge in [0, 0.05) is 30.1 Å². The van der Waals surface area contributed by atoms with Gasteiger partial charge in [-0.05, 0) is 13.3 Å². The van der Waals surface area contributed by atoms with Crippen LogP contribution in [0.15, 0.2) is 6.20 Å². The summed E-state index contributed by atoms with van der Waals surface area (Å²) in [5.41, 5.74) is 5.64. The van der Waals surface area contributed by atoms with E-state index in [9.17, 15) is 0 Å². The largest absolute Gasteiger partial charge is 0.396 e. The van der Waals surface area contributed by atoms with Crippen LogP contribution in [0.25, 0.3) is 0 Å². The summed E-state index contributed by atoms with van der Waals surface area (Å²) in [6.07, 6.45) is 3.38. The van der Waals surface area contributed by atoms with E-state index < -0.39 is 0 Å². The Kier molecular flexibility index (Phi) is 3.65. The van der Waals surface area contributed by atoms with Crippen LogP contribution in [0, 0.1) is 0 Å². The quantitative estimate of drug-likeness (QED) is 0.722. The van der Waals surface area contributed by atoms with Gasteiger partial charge in [-0.25, -0.2) is 4.98 Å². The molecule has 0 aliphatic rings. The fraction of sp³-hybridized carbons (Fsp3) is 0.625. The molecule has 0 saturated heterocycles. The van der Waals surface area contributed by atoms with Gasteiger partial charge in [0.25, 0.3) is 0 Å². The van der Waals surface area contributed by atoms with Crippen LogP contribution in [0.1, 0.15) is 16.8 Å². The lowest BCUT2D eigenvalue weighted by atomic mass is 10.2. The van der Waals surface area contributed by atoms with E-state index in [0.717, 1.165) is 11.4 Å². The molecular weight excluding hydrogens is 172 g/mol. The highest BCUT2D eigenvalue weighted by Crippen LogP contribution is 2.14. The average Bonchev–Trinajstić information content (AvgIpc) is 2.36. The molecule has 3 N–H and O–H groups in total. The van der Waals surface area contributed by atoms with E-state index in [0.29, 0.717) is 6.42 Å². The van der Waals surface area contributed by atoms with E-state index >= 15 is 0 Å². The number of aromatic nitrogens is 1. The molecule has 1 heterocycles. The fourth-order valence-corrected chi connectivity index (χ4v) is 2.02. The number of nitrogens with two attached hydrogens (primary N) is 1. The van der Waals surface area contributed by atoms with Crippen LogP contribution in [0.5, 0.6) is 0 Å². The van der Waals surface area contributed by atoms with Crippen molar-refractivity contribution in [1.82, 2.24) is 4.98 Å². The molecule has 1 aromatic heterocycles.